The van der Waals surface area contributed by atoms with E-state index in [1.807, 2.05) is 4.90 Å². The number of piperazine rings is 1. The largest absolute Gasteiger partial charge is 0.337 e. The molecule has 1 aliphatic heterocycles. The number of hydrogen-bond acceptors (Lipinski definition) is 6. The smallest absolute Gasteiger partial charge is 0.329 e. The van der Waals surface area contributed by atoms with Gasteiger partial charge >= 0.3 is 5.69 Å². The number of amides is 1. The Kier molecular flexibility index (Phi) is 6.13. The third-order valence-corrected chi connectivity index (χ3v) is 6.57. The van der Waals surface area contributed by atoms with E-state index in [-0.39, 0.29) is 23.4 Å². The van der Waals surface area contributed by atoms with E-state index in [1.54, 1.807) is 41.6 Å². The predicted molar refractivity (Wildman–Crippen MR) is 134 cm³/mol. The van der Waals surface area contributed by atoms with E-state index >= 15 is 0 Å². The molecule has 1 aliphatic rings. The molecule has 0 radical (unpaired) electrons. The van der Waals surface area contributed by atoms with Gasteiger partial charge in [-0.3, -0.25) is 19.1 Å². The number of benzene rings is 2. The van der Waals surface area contributed by atoms with E-state index < -0.39 is 17.1 Å². The molecule has 0 bridgehead atoms. The van der Waals surface area contributed by atoms with Crippen LogP contribution in [0.15, 0.2) is 64.4 Å². The zero-order valence-electron chi connectivity index (χ0n) is 18.6. The Balaban J connectivity index is 1.40. The van der Waals surface area contributed by atoms with Gasteiger partial charge in [0, 0.05) is 44.1 Å². The van der Waals surface area contributed by atoms with Crippen LogP contribution in [-0.4, -0.2) is 56.5 Å². The molecule has 3 heterocycles. The number of anilines is 1. The zero-order chi connectivity index (χ0) is 24.5. The molecule has 1 fully saturated rings. The van der Waals surface area contributed by atoms with Gasteiger partial charge in [-0.1, -0.05) is 18.2 Å². The van der Waals surface area contributed by atoms with E-state index in [0.717, 1.165) is 5.30 Å². The lowest BCUT2D eigenvalue weighted by atomic mass is 10.1. The normalized spacial score (nSPS) is 13.9. The summed E-state index contributed by atoms with van der Waals surface area (Å²) in [5.41, 5.74) is -0.0352. The molecule has 0 saturated carbocycles. The Morgan fingerprint density at radius 2 is 1.77 bits per heavy atom. The number of hydrogen-bond donors (Lipinski definition) is 1. The lowest BCUT2D eigenvalue weighted by Crippen LogP contribution is -2.49. The predicted octanol–water partition coefficient (Wildman–Crippen LogP) is 1.13. The number of fused-ring (bicyclic) bond motifs is 1. The number of nitrogens with one attached hydrogen (secondary N) is 1. The van der Waals surface area contributed by atoms with Gasteiger partial charge in [0.2, 0.25) is 5.95 Å². The van der Waals surface area contributed by atoms with Crippen LogP contribution in [0.3, 0.4) is 0 Å². The van der Waals surface area contributed by atoms with Gasteiger partial charge in [0.1, 0.15) is 5.82 Å². The van der Waals surface area contributed by atoms with Crippen LogP contribution >= 0.6 is 9.24 Å². The van der Waals surface area contributed by atoms with Crippen molar-refractivity contribution >= 4 is 37.3 Å². The Bertz CT molecular complexity index is 1530. The first kappa shape index (κ1) is 22.9. The van der Waals surface area contributed by atoms with Crippen molar-refractivity contribution in [3.63, 3.8) is 0 Å². The van der Waals surface area contributed by atoms with Crippen molar-refractivity contribution in [1.29, 1.82) is 0 Å². The first-order valence-corrected chi connectivity index (χ1v) is 11.6. The van der Waals surface area contributed by atoms with E-state index in [0.29, 0.717) is 43.3 Å². The number of halogens is 1. The first-order chi connectivity index (χ1) is 16.9. The Morgan fingerprint density at radius 1 is 1.03 bits per heavy atom. The molecule has 1 amide bonds. The quantitative estimate of drug-likeness (QED) is 0.429. The standard InChI is InChI=1S/C24H22FN6O3P/c25-17-3-1-4-18-20(17)21(32)28-24(34)31(18)14-15-5-6-19(35)16(13-15)22(33)29-9-11-30(12-10-29)23-26-7-2-8-27-23/h1-8,13H,9-12,14,35H2,(H,28,32,34). The Morgan fingerprint density at radius 3 is 2.51 bits per heavy atom. The van der Waals surface area contributed by atoms with Crippen molar-refractivity contribution in [3.8, 4) is 0 Å². The maximum atomic E-state index is 14.3. The minimum Gasteiger partial charge on any atom is -0.337 e. The molecule has 5 rings (SSSR count). The number of nitrogens with zero attached hydrogens (tertiary/aromatic N) is 5. The molecule has 11 heteroatoms. The minimum absolute atomic E-state index is 0.0694. The summed E-state index contributed by atoms with van der Waals surface area (Å²) in [5, 5.41) is 0.559. The average Bonchev–Trinajstić information content (AvgIpc) is 2.87. The second-order valence-electron chi connectivity index (χ2n) is 8.23. The van der Waals surface area contributed by atoms with Gasteiger partial charge in [0.05, 0.1) is 17.4 Å². The van der Waals surface area contributed by atoms with Crippen LogP contribution in [0.4, 0.5) is 10.3 Å². The van der Waals surface area contributed by atoms with Gasteiger partial charge in [-0.25, -0.2) is 19.2 Å². The molecule has 0 aliphatic carbocycles. The molecule has 1 N–H and O–H groups in total. The molecular weight excluding hydrogens is 470 g/mol. The lowest BCUT2D eigenvalue weighted by Gasteiger charge is -2.35. The van der Waals surface area contributed by atoms with E-state index in [2.05, 4.69) is 24.2 Å². The molecule has 0 spiro atoms. The van der Waals surface area contributed by atoms with Crippen molar-refractivity contribution in [3.05, 3.63) is 92.6 Å². The van der Waals surface area contributed by atoms with Crippen LogP contribution in [0.1, 0.15) is 15.9 Å². The molecule has 35 heavy (non-hydrogen) atoms. The number of H-pyrrole nitrogens is 1. The van der Waals surface area contributed by atoms with Crippen LogP contribution in [0, 0.1) is 5.82 Å². The topological polar surface area (TPSA) is 104 Å². The number of aromatic nitrogens is 4. The second-order valence-corrected chi connectivity index (χ2v) is 8.85. The third-order valence-electron chi connectivity index (χ3n) is 6.07. The summed E-state index contributed by atoms with van der Waals surface area (Å²) in [6, 6.07) is 11.2. The van der Waals surface area contributed by atoms with Gasteiger partial charge in [0.25, 0.3) is 11.5 Å². The maximum absolute atomic E-state index is 14.3. The second kappa shape index (κ2) is 9.38. The molecule has 178 valence electrons. The fourth-order valence-electron chi connectivity index (χ4n) is 4.26. The monoisotopic (exact) mass is 492 g/mol. The van der Waals surface area contributed by atoms with Crippen LogP contribution in [0.5, 0.6) is 0 Å². The summed E-state index contributed by atoms with van der Waals surface area (Å²) in [6.45, 7) is 2.35. The fraction of sp³-hybridized carbons (Fsp3) is 0.208. The number of rotatable bonds is 4. The maximum Gasteiger partial charge on any atom is 0.329 e. The first-order valence-electron chi connectivity index (χ1n) is 11.0. The summed E-state index contributed by atoms with van der Waals surface area (Å²) in [4.78, 5) is 52.5. The van der Waals surface area contributed by atoms with Gasteiger partial charge in [-0.2, -0.15) is 0 Å². The molecule has 4 aromatic rings. The number of carbonyl (C=O) groups excluding carboxylic acids is 1. The SMILES string of the molecule is O=C(c1cc(Cn2c(=O)[nH]c(=O)c3c(F)cccc32)ccc1P)N1CCN(c2ncccn2)CC1. The minimum atomic E-state index is -0.768. The third kappa shape index (κ3) is 4.44. The van der Waals surface area contributed by atoms with Crippen LogP contribution < -0.4 is 21.5 Å². The van der Waals surface area contributed by atoms with Gasteiger partial charge < -0.3 is 9.80 Å². The van der Waals surface area contributed by atoms with Crippen molar-refractivity contribution in [2.24, 2.45) is 0 Å². The molecule has 1 unspecified atom stereocenters. The molecule has 1 saturated heterocycles. The molecule has 2 aromatic carbocycles. The van der Waals surface area contributed by atoms with Crippen LogP contribution in [-0.2, 0) is 6.54 Å². The number of aromatic amines is 1. The highest BCUT2D eigenvalue weighted by atomic mass is 31.0. The van der Waals surface area contributed by atoms with Gasteiger partial charge in [-0.05, 0) is 35.1 Å². The van der Waals surface area contributed by atoms with E-state index in [1.165, 1.54) is 22.8 Å². The van der Waals surface area contributed by atoms with Gasteiger partial charge in [-0.15, -0.1) is 9.24 Å². The molecule has 1 atom stereocenters. The molecule has 2 aromatic heterocycles. The molecule has 9 nitrogen and oxygen atoms in total. The summed E-state index contributed by atoms with van der Waals surface area (Å²) >= 11 is 0. The highest BCUT2D eigenvalue weighted by Gasteiger charge is 2.24. The Labute approximate surface area is 201 Å². The summed E-state index contributed by atoms with van der Waals surface area (Å²) in [6.07, 6.45) is 3.38. The summed E-state index contributed by atoms with van der Waals surface area (Å²) in [5.74, 6) is -0.174. The zero-order valence-corrected chi connectivity index (χ0v) is 19.8. The highest BCUT2D eigenvalue weighted by Crippen LogP contribution is 2.17. The van der Waals surface area contributed by atoms with Crippen LogP contribution in [0.25, 0.3) is 10.9 Å². The number of carbonyl (C=O) groups is 1. The van der Waals surface area contributed by atoms with Gasteiger partial charge in [0.15, 0.2) is 0 Å². The van der Waals surface area contributed by atoms with Crippen molar-refractivity contribution < 1.29 is 9.18 Å². The van der Waals surface area contributed by atoms with Crippen molar-refractivity contribution in [2.75, 3.05) is 31.1 Å². The average molecular weight is 492 g/mol. The summed E-state index contributed by atoms with van der Waals surface area (Å²) < 4.78 is 15.6. The van der Waals surface area contributed by atoms with E-state index in [9.17, 15) is 18.8 Å². The van der Waals surface area contributed by atoms with Crippen LogP contribution in [0.2, 0.25) is 0 Å². The van der Waals surface area contributed by atoms with E-state index in [4.69, 9.17) is 0 Å². The fourth-order valence-corrected chi connectivity index (χ4v) is 4.56. The summed E-state index contributed by atoms with van der Waals surface area (Å²) in [7, 11) is 2.57. The lowest BCUT2D eigenvalue weighted by molar-refractivity contribution is 0.0747. The highest BCUT2D eigenvalue weighted by molar-refractivity contribution is 7.27. The van der Waals surface area contributed by atoms with Crippen molar-refractivity contribution in [1.82, 2.24) is 24.4 Å². The van der Waals surface area contributed by atoms with Crippen molar-refractivity contribution in [2.45, 2.75) is 6.54 Å². The molecular formula is C24H22FN6O3P. The Hall–Kier alpha value is -3.91.